The van der Waals surface area contributed by atoms with Crippen LogP contribution in [0.4, 0.5) is 0 Å². The highest BCUT2D eigenvalue weighted by Crippen LogP contribution is 2.56. The van der Waals surface area contributed by atoms with Crippen LogP contribution in [-0.2, 0) is 16.8 Å². The Kier molecular flexibility index (Phi) is 4.08. The van der Waals surface area contributed by atoms with Crippen LogP contribution in [0.3, 0.4) is 0 Å². The van der Waals surface area contributed by atoms with Crippen LogP contribution in [0.2, 0.25) is 0 Å². The predicted octanol–water partition coefficient (Wildman–Crippen LogP) is 1.84. The third kappa shape index (κ3) is 2.49. The number of aromatic nitrogens is 2. The highest BCUT2D eigenvalue weighted by Gasteiger charge is 2.57. The van der Waals surface area contributed by atoms with E-state index in [9.17, 15) is 4.79 Å². The van der Waals surface area contributed by atoms with Crippen molar-refractivity contribution in [2.75, 3.05) is 13.1 Å². The molecular weight excluding hydrogens is 336 g/mol. The van der Waals surface area contributed by atoms with E-state index in [1.165, 1.54) is 11.1 Å². The van der Waals surface area contributed by atoms with E-state index < -0.39 is 5.54 Å². The molecule has 6 heteroatoms. The van der Waals surface area contributed by atoms with E-state index in [0.29, 0.717) is 17.9 Å². The van der Waals surface area contributed by atoms with Crippen molar-refractivity contribution < 1.29 is 4.79 Å². The van der Waals surface area contributed by atoms with Gasteiger partial charge in [0.1, 0.15) is 5.54 Å². The number of fused-ring (bicyclic) bond motifs is 3. The number of carbonyl (C=O) groups is 1. The summed E-state index contributed by atoms with van der Waals surface area (Å²) in [7, 11) is 0. The van der Waals surface area contributed by atoms with E-state index in [2.05, 4.69) is 40.0 Å². The van der Waals surface area contributed by atoms with Crippen molar-refractivity contribution in [1.29, 1.82) is 0 Å². The van der Waals surface area contributed by atoms with Gasteiger partial charge in [0.05, 0.1) is 0 Å². The van der Waals surface area contributed by atoms with Crippen LogP contribution < -0.4 is 10.6 Å². The van der Waals surface area contributed by atoms with Gasteiger partial charge in [0.2, 0.25) is 5.91 Å². The molecule has 2 heterocycles. The van der Waals surface area contributed by atoms with Crippen LogP contribution >= 0.6 is 12.4 Å². The second kappa shape index (κ2) is 6.15. The van der Waals surface area contributed by atoms with Crippen molar-refractivity contribution in [3.05, 3.63) is 53.9 Å². The van der Waals surface area contributed by atoms with E-state index >= 15 is 0 Å². The number of nitrogens with zero attached hydrogens (tertiary/aromatic N) is 2. The minimum absolute atomic E-state index is 0. The minimum atomic E-state index is -0.537. The van der Waals surface area contributed by atoms with E-state index in [4.69, 9.17) is 0 Å². The Morgan fingerprint density at radius 1 is 1.24 bits per heavy atom. The normalized spacial score (nSPS) is 28.4. The fourth-order valence-corrected chi connectivity index (χ4v) is 4.76. The number of piperidine rings is 1. The van der Waals surface area contributed by atoms with Crippen molar-refractivity contribution in [2.45, 2.75) is 36.8 Å². The first-order valence-corrected chi connectivity index (χ1v) is 8.89. The zero-order valence-corrected chi connectivity index (χ0v) is 14.8. The van der Waals surface area contributed by atoms with Crippen molar-refractivity contribution in [3.63, 3.8) is 0 Å². The van der Waals surface area contributed by atoms with Crippen LogP contribution in [0.5, 0.6) is 0 Å². The van der Waals surface area contributed by atoms with Crippen LogP contribution in [0, 0.1) is 5.92 Å². The van der Waals surface area contributed by atoms with Gasteiger partial charge >= 0.3 is 0 Å². The van der Waals surface area contributed by atoms with Gasteiger partial charge in [0, 0.05) is 24.4 Å². The van der Waals surface area contributed by atoms with Crippen molar-refractivity contribution in [1.82, 2.24) is 20.4 Å². The predicted molar refractivity (Wildman–Crippen MR) is 97.9 cm³/mol. The number of rotatable bonds is 3. The summed E-state index contributed by atoms with van der Waals surface area (Å²) in [5, 5.41) is 11.1. The molecular formula is C19H23ClN4O. The fourth-order valence-electron chi connectivity index (χ4n) is 4.76. The summed E-state index contributed by atoms with van der Waals surface area (Å²) in [5.41, 5.74) is 2.36. The number of hydrogen-bond acceptors (Lipinski definition) is 3. The van der Waals surface area contributed by atoms with Crippen LogP contribution in [0.15, 0.2) is 42.7 Å². The fraction of sp³-hybridized carbons (Fsp3) is 0.474. The number of hydrogen-bond donors (Lipinski definition) is 2. The van der Waals surface area contributed by atoms with Crippen LogP contribution in [0.25, 0.3) is 0 Å². The Bertz CT molecular complexity index is 769. The molecule has 3 aliphatic rings. The summed E-state index contributed by atoms with van der Waals surface area (Å²) in [4.78, 5) is 13.2. The molecule has 2 fully saturated rings. The number of nitrogens with one attached hydrogen (secondary N) is 2. The molecule has 1 saturated carbocycles. The second-order valence-electron chi connectivity index (χ2n) is 7.32. The standard InChI is InChI=1S/C19H22N4O.ClH/c24-18(19(6-9-20-10-7-19)23-11-3-8-21-23)22-17-15-12-13-4-1-2-5-14(13)16(15)17;/h1-5,8,11,15-17,20H,6-7,9-10,12H2,(H,22,24);1H. The van der Waals surface area contributed by atoms with E-state index in [-0.39, 0.29) is 18.3 Å². The molecule has 132 valence electrons. The lowest BCUT2D eigenvalue weighted by Gasteiger charge is -2.36. The van der Waals surface area contributed by atoms with Gasteiger partial charge in [-0.15, -0.1) is 12.4 Å². The maximum Gasteiger partial charge on any atom is 0.248 e. The quantitative estimate of drug-likeness (QED) is 0.880. The lowest BCUT2D eigenvalue weighted by atomic mass is 9.87. The van der Waals surface area contributed by atoms with Gasteiger partial charge < -0.3 is 10.6 Å². The average Bonchev–Trinajstić information content (AvgIpc) is 3.03. The van der Waals surface area contributed by atoms with Crippen LogP contribution in [0.1, 0.15) is 29.9 Å². The Balaban J connectivity index is 0.00000157. The van der Waals surface area contributed by atoms with Gasteiger partial charge in [0.25, 0.3) is 0 Å². The maximum absolute atomic E-state index is 13.2. The summed E-state index contributed by atoms with van der Waals surface area (Å²) in [6.07, 6.45) is 6.37. The van der Waals surface area contributed by atoms with Gasteiger partial charge in [0.15, 0.2) is 0 Å². The van der Waals surface area contributed by atoms with E-state index in [1.807, 2.05) is 16.9 Å². The van der Waals surface area contributed by atoms with Crippen LogP contribution in [-0.4, -0.2) is 34.8 Å². The summed E-state index contributed by atoms with van der Waals surface area (Å²) in [6.45, 7) is 1.71. The Labute approximate surface area is 153 Å². The largest absolute Gasteiger partial charge is 0.350 e. The molecule has 0 spiro atoms. The first-order chi connectivity index (χ1) is 11.8. The van der Waals surface area contributed by atoms with E-state index in [0.717, 1.165) is 32.4 Å². The second-order valence-corrected chi connectivity index (χ2v) is 7.32. The van der Waals surface area contributed by atoms with E-state index in [1.54, 1.807) is 6.20 Å². The molecule has 1 aliphatic heterocycles. The molecule has 2 aromatic rings. The maximum atomic E-state index is 13.2. The first-order valence-electron chi connectivity index (χ1n) is 8.89. The van der Waals surface area contributed by atoms with Crippen molar-refractivity contribution in [2.24, 2.45) is 5.92 Å². The molecule has 5 rings (SSSR count). The van der Waals surface area contributed by atoms with Gasteiger partial charge in [-0.05, 0) is 55.5 Å². The average molecular weight is 359 g/mol. The van der Waals surface area contributed by atoms with Gasteiger partial charge in [-0.25, -0.2) is 0 Å². The summed E-state index contributed by atoms with van der Waals surface area (Å²) < 4.78 is 1.87. The number of halogens is 1. The molecule has 1 aromatic heterocycles. The lowest BCUT2D eigenvalue weighted by molar-refractivity contribution is -0.132. The zero-order chi connectivity index (χ0) is 16.1. The first kappa shape index (κ1) is 16.6. The smallest absolute Gasteiger partial charge is 0.248 e. The van der Waals surface area contributed by atoms with Gasteiger partial charge in [-0.2, -0.15) is 5.10 Å². The topological polar surface area (TPSA) is 59.0 Å². The highest BCUT2D eigenvalue weighted by molar-refractivity contribution is 5.86. The number of benzene rings is 1. The van der Waals surface area contributed by atoms with Gasteiger partial charge in [-0.3, -0.25) is 9.48 Å². The third-order valence-corrected chi connectivity index (χ3v) is 6.13. The molecule has 0 radical (unpaired) electrons. The molecule has 1 saturated heterocycles. The Hall–Kier alpha value is -1.85. The third-order valence-electron chi connectivity index (χ3n) is 6.13. The molecule has 2 N–H and O–H groups in total. The molecule has 1 amide bonds. The molecule has 1 aromatic carbocycles. The molecule has 5 nitrogen and oxygen atoms in total. The SMILES string of the molecule is Cl.O=C(NC1C2Cc3ccccc3C21)C1(n2cccn2)CCNCC1. The summed E-state index contributed by atoms with van der Waals surface area (Å²) in [5.74, 6) is 1.24. The summed E-state index contributed by atoms with van der Waals surface area (Å²) in [6, 6.07) is 10.9. The van der Waals surface area contributed by atoms with Crippen molar-refractivity contribution >= 4 is 18.3 Å². The Morgan fingerprint density at radius 2 is 2.04 bits per heavy atom. The molecule has 3 unspecified atom stereocenters. The number of carbonyl (C=O) groups excluding carboxylic acids is 1. The highest BCUT2D eigenvalue weighted by atomic mass is 35.5. The molecule has 2 aliphatic carbocycles. The van der Waals surface area contributed by atoms with Crippen molar-refractivity contribution in [3.8, 4) is 0 Å². The lowest BCUT2D eigenvalue weighted by Crippen LogP contribution is -2.55. The monoisotopic (exact) mass is 358 g/mol. The summed E-state index contributed by atoms with van der Waals surface area (Å²) >= 11 is 0. The molecule has 3 atom stereocenters. The molecule has 25 heavy (non-hydrogen) atoms. The molecule has 0 bridgehead atoms. The Morgan fingerprint density at radius 3 is 2.80 bits per heavy atom. The minimum Gasteiger partial charge on any atom is -0.350 e. The number of amides is 1. The zero-order valence-electron chi connectivity index (χ0n) is 14.0. The van der Waals surface area contributed by atoms with Gasteiger partial charge in [-0.1, -0.05) is 24.3 Å².